The van der Waals surface area contributed by atoms with Gasteiger partial charge >= 0.3 is 0 Å². The number of rotatable bonds is 5. The van der Waals surface area contributed by atoms with E-state index in [0.29, 0.717) is 0 Å². The maximum absolute atomic E-state index is 5.16. The van der Waals surface area contributed by atoms with Crippen molar-refractivity contribution >= 4 is 5.82 Å². The first-order valence-electron chi connectivity index (χ1n) is 4.14. The van der Waals surface area contributed by atoms with Crippen LogP contribution in [0.15, 0.2) is 12.3 Å². The highest BCUT2D eigenvalue weighted by Gasteiger charge is 1.93. The second kappa shape index (κ2) is 4.77. The molecule has 68 valence electrons. The van der Waals surface area contributed by atoms with Crippen LogP contribution in [0.4, 0.5) is 5.82 Å². The normalized spacial score (nSPS) is 10.2. The molecule has 1 aromatic heterocycles. The molecule has 12 heavy (non-hydrogen) atoms. The topological polar surface area (TPSA) is 39.1 Å². The molecule has 1 aromatic rings. The fourth-order valence-electron chi connectivity index (χ4n) is 0.905. The summed E-state index contributed by atoms with van der Waals surface area (Å²) in [6.07, 6.45) is 1.91. The van der Waals surface area contributed by atoms with E-state index in [1.54, 1.807) is 4.68 Å². The minimum atomic E-state index is 0.729. The van der Waals surface area contributed by atoms with Crippen LogP contribution in [-0.4, -0.2) is 29.5 Å². The Hall–Kier alpha value is -1.03. The summed E-state index contributed by atoms with van der Waals surface area (Å²) >= 11 is 0. The summed E-state index contributed by atoms with van der Waals surface area (Å²) in [6.45, 7) is 4.29. The second-order valence-electron chi connectivity index (χ2n) is 2.50. The van der Waals surface area contributed by atoms with Gasteiger partial charge in [-0.25, -0.2) is 0 Å². The monoisotopic (exact) mass is 169 g/mol. The Labute approximate surface area is 72.5 Å². The van der Waals surface area contributed by atoms with E-state index < -0.39 is 0 Å². The largest absolute Gasteiger partial charge is 0.380 e. The van der Waals surface area contributed by atoms with Gasteiger partial charge in [-0.2, -0.15) is 5.10 Å². The van der Waals surface area contributed by atoms with E-state index in [1.807, 2.05) is 26.2 Å². The highest BCUT2D eigenvalue weighted by Crippen LogP contribution is 1.98. The maximum atomic E-state index is 5.16. The summed E-state index contributed by atoms with van der Waals surface area (Å²) in [5.41, 5.74) is 0. The van der Waals surface area contributed by atoms with Crippen molar-refractivity contribution in [3.63, 3.8) is 0 Å². The molecule has 1 rings (SSSR count). The third-order valence-corrected chi connectivity index (χ3v) is 1.47. The van der Waals surface area contributed by atoms with Crippen molar-refractivity contribution < 1.29 is 4.74 Å². The van der Waals surface area contributed by atoms with Gasteiger partial charge in [-0.1, -0.05) is 0 Å². The predicted molar refractivity (Wildman–Crippen MR) is 48.2 cm³/mol. The summed E-state index contributed by atoms with van der Waals surface area (Å²) in [7, 11) is 1.90. The molecule has 0 aliphatic rings. The highest BCUT2D eigenvalue weighted by molar-refractivity contribution is 5.31. The van der Waals surface area contributed by atoms with E-state index in [1.165, 1.54) is 0 Å². The quantitative estimate of drug-likeness (QED) is 0.665. The standard InChI is InChI=1S/C8H15N3O/c1-3-12-7-5-9-8-4-6-11(2)10-8/h4,6H,3,5,7H2,1-2H3,(H,9,10). The second-order valence-corrected chi connectivity index (χ2v) is 2.50. The minimum absolute atomic E-state index is 0.729. The van der Waals surface area contributed by atoms with Gasteiger partial charge in [0.1, 0.15) is 5.82 Å². The maximum Gasteiger partial charge on any atom is 0.148 e. The number of nitrogens with zero attached hydrogens (tertiary/aromatic N) is 2. The minimum Gasteiger partial charge on any atom is -0.380 e. The predicted octanol–water partition coefficient (Wildman–Crippen LogP) is 0.869. The molecule has 0 radical (unpaired) electrons. The van der Waals surface area contributed by atoms with Crippen LogP contribution >= 0.6 is 0 Å². The lowest BCUT2D eigenvalue weighted by atomic mass is 10.6. The van der Waals surface area contributed by atoms with Crippen LogP contribution in [0.2, 0.25) is 0 Å². The number of ether oxygens (including phenoxy) is 1. The lowest BCUT2D eigenvalue weighted by molar-refractivity contribution is 0.158. The lowest BCUT2D eigenvalue weighted by Gasteiger charge is -2.01. The fraction of sp³-hybridized carbons (Fsp3) is 0.625. The molecule has 0 fully saturated rings. The molecule has 0 saturated carbocycles. The Morgan fingerprint density at radius 3 is 3.08 bits per heavy atom. The third-order valence-electron chi connectivity index (χ3n) is 1.47. The molecule has 0 saturated heterocycles. The molecular formula is C8H15N3O. The molecule has 0 aliphatic heterocycles. The van der Waals surface area contributed by atoms with E-state index in [2.05, 4.69) is 10.4 Å². The number of aromatic nitrogens is 2. The molecule has 0 aromatic carbocycles. The first kappa shape index (κ1) is 9.06. The molecule has 1 heterocycles. The van der Waals surface area contributed by atoms with E-state index in [0.717, 1.165) is 25.6 Å². The number of hydrogen-bond donors (Lipinski definition) is 1. The summed E-state index contributed by atoms with van der Waals surface area (Å²) in [5.74, 6) is 0.900. The summed E-state index contributed by atoms with van der Waals surface area (Å²) in [6, 6.07) is 1.94. The van der Waals surface area contributed by atoms with Crippen LogP contribution in [0.5, 0.6) is 0 Å². The van der Waals surface area contributed by atoms with Gasteiger partial charge in [-0.15, -0.1) is 0 Å². The van der Waals surface area contributed by atoms with E-state index >= 15 is 0 Å². The van der Waals surface area contributed by atoms with Crippen LogP contribution in [0.25, 0.3) is 0 Å². The van der Waals surface area contributed by atoms with Crippen molar-refractivity contribution in [3.8, 4) is 0 Å². The van der Waals surface area contributed by atoms with Crippen LogP contribution in [-0.2, 0) is 11.8 Å². The summed E-state index contributed by atoms with van der Waals surface area (Å²) in [4.78, 5) is 0. The van der Waals surface area contributed by atoms with Gasteiger partial charge in [0, 0.05) is 32.5 Å². The molecule has 0 atom stereocenters. The highest BCUT2D eigenvalue weighted by atomic mass is 16.5. The molecular weight excluding hydrogens is 154 g/mol. The zero-order valence-electron chi connectivity index (χ0n) is 7.58. The first-order chi connectivity index (χ1) is 5.83. The van der Waals surface area contributed by atoms with Gasteiger partial charge in [-0.3, -0.25) is 4.68 Å². The summed E-state index contributed by atoms with van der Waals surface area (Å²) in [5, 5.41) is 7.30. The Morgan fingerprint density at radius 1 is 1.67 bits per heavy atom. The number of nitrogens with one attached hydrogen (secondary N) is 1. The van der Waals surface area contributed by atoms with E-state index in [4.69, 9.17) is 4.74 Å². The van der Waals surface area contributed by atoms with E-state index in [9.17, 15) is 0 Å². The zero-order valence-corrected chi connectivity index (χ0v) is 7.58. The first-order valence-corrected chi connectivity index (χ1v) is 4.14. The van der Waals surface area contributed by atoms with Crippen molar-refractivity contribution in [3.05, 3.63) is 12.3 Å². The SMILES string of the molecule is CCOCCNc1ccn(C)n1. The van der Waals surface area contributed by atoms with Gasteiger partial charge in [-0.05, 0) is 6.92 Å². The fourth-order valence-corrected chi connectivity index (χ4v) is 0.905. The smallest absolute Gasteiger partial charge is 0.148 e. The Kier molecular flexibility index (Phi) is 3.60. The van der Waals surface area contributed by atoms with Crippen LogP contribution < -0.4 is 5.32 Å². The van der Waals surface area contributed by atoms with Crippen LogP contribution in [0.1, 0.15) is 6.92 Å². The number of anilines is 1. The lowest BCUT2D eigenvalue weighted by Crippen LogP contribution is -2.09. The Balaban J connectivity index is 2.15. The molecule has 0 spiro atoms. The Morgan fingerprint density at radius 2 is 2.50 bits per heavy atom. The van der Waals surface area contributed by atoms with Gasteiger partial charge in [0.25, 0.3) is 0 Å². The molecule has 1 N–H and O–H groups in total. The third kappa shape index (κ3) is 2.92. The van der Waals surface area contributed by atoms with Crippen molar-refractivity contribution in [1.29, 1.82) is 0 Å². The zero-order chi connectivity index (χ0) is 8.81. The van der Waals surface area contributed by atoms with Crippen molar-refractivity contribution in [2.45, 2.75) is 6.92 Å². The molecule has 0 aliphatic carbocycles. The average Bonchev–Trinajstić information content (AvgIpc) is 2.45. The molecule has 4 heteroatoms. The van der Waals surface area contributed by atoms with Gasteiger partial charge < -0.3 is 10.1 Å². The van der Waals surface area contributed by atoms with Crippen LogP contribution in [0.3, 0.4) is 0 Å². The Bertz CT molecular complexity index is 222. The molecule has 4 nitrogen and oxygen atoms in total. The van der Waals surface area contributed by atoms with Crippen molar-refractivity contribution in [1.82, 2.24) is 9.78 Å². The van der Waals surface area contributed by atoms with E-state index in [-0.39, 0.29) is 0 Å². The van der Waals surface area contributed by atoms with Crippen molar-refractivity contribution in [2.75, 3.05) is 25.1 Å². The van der Waals surface area contributed by atoms with Gasteiger partial charge in [0.05, 0.1) is 6.61 Å². The molecule has 0 bridgehead atoms. The van der Waals surface area contributed by atoms with Gasteiger partial charge in [0.2, 0.25) is 0 Å². The van der Waals surface area contributed by atoms with Crippen LogP contribution in [0, 0.1) is 0 Å². The van der Waals surface area contributed by atoms with Gasteiger partial charge in [0.15, 0.2) is 0 Å². The van der Waals surface area contributed by atoms with Crippen molar-refractivity contribution in [2.24, 2.45) is 7.05 Å². The summed E-state index contributed by atoms with van der Waals surface area (Å²) < 4.78 is 6.93. The molecule has 0 amide bonds. The molecule has 0 unspecified atom stereocenters. The number of hydrogen-bond acceptors (Lipinski definition) is 3. The number of aryl methyl sites for hydroxylation is 1. The average molecular weight is 169 g/mol.